The number of carboxylic acid groups (broad SMARTS) is 1. The Hall–Kier alpha value is -1.63. The van der Waals surface area contributed by atoms with Gasteiger partial charge >= 0.3 is 5.97 Å². The van der Waals surface area contributed by atoms with E-state index in [1.54, 1.807) is 0 Å². The van der Waals surface area contributed by atoms with Gasteiger partial charge in [-0.1, -0.05) is 60.1 Å². The lowest BCUT2D eigenvalue weighted by molar-refractivity contribution is -0.401. The normalized spacial score (nSPS) is 55.7. The molecule has 23 heteroatoms. The molecule has 30 atom stereocenters. The number of carbonyl (C=O) groups is 1. The number of rotatable bonds is 12. The van der Waals surface area contributed by atoms with E-state index in [1.165, 1.54) is 12.5 Å². The minimum Gasteiger partial charge on any atom is -0.479 e. The third kappa shape index (κ3) is 9.70. The van der Waals surface area contributed by atoms with E-state index < -0.39 is 160 Å². The van der Waals surface area contributed by atoms with Crippen LogP contribution in [0.5, 0.6) is 0 Å². The molecular formula is C54H88O23. The molecule has 14 N–H and O–H groups in total. The first-order valence-electron chi connectivity index (χ1n) is 27.8. The topological polar surface area (TPSA) is 374 Å². The van der Waals surface area contributed by atoms with Crippen LogP contribution in [0.25, 0.3) is 0 Å². The highest BCUT2D eigenvalue weighted by atomic mass is 16.8. The number of allylic oxidation sites excluding steroid dienone is 2. The zero-order valence-electron chi connectivity index (χ0n) is 45.4. The summed E-state index contributed by atoms with van der Waals surface area (Å²) in [5, 5.41) is 154. The van der Waals surface area contributed by atoms with Gasteiger partial charge in [0.2, 0.25) is 0 Å². The van der Waals surface area contributed by atoms with Crippen molar-refractivity contribution in [2.75, 3.05) is 19.8 Å². The van der Waals surface area contributed by atoms with Crippen molar-refractivity contribution in [2.24, 2.45) is 50.2 Å². The molecule has 4 heterocycles. The lowest BCUT2D eigenvalue weighted by Gasteiger charge is -2.72. The molecule has 0 spiro atoms. The summed E-state index contributed by atoms with van der Waals surface area (Å²) < 4.78 is 48.3. The van der Waals surface area contributed by atoms with Crippen molar-refractivity contribution < 1.29 is 114 Å². The van der Waals surface area contributed by atoms with Gasteiger partial charge in [-0.25, -0.2) is 4.79 Å². The minimum absolute atomic E-state index is 0.0203. The van der Waals surface area contributed by atoms with Crippen molar-refractivity contribution >= 4 is 5.97 Å². The number of carboxylic acids is 1. The molecule has 9 rings (SSSR count). The minimum atomic E-state index is -2.21. The van der Waals surface area contributed by atoms with Crippen LogP contribution in [0, 0.1) is 50.2 Å². The fraction of sp³-hybridized carbons (Fsp3) is 0.944. The molecule has 4 aliphatic heterocycles. The molecule has 9 aliphatic rings. The van der Waals surface area contributed by atoms with Gasteiger partial charge in [0.15, 0.2) is 31.3 Å². The number of aliphatic carboxylic acids is 1. The fourth-order valence-corrected chi connectivity index (χ4v) is 16.6. The lowest BCUT2D eigenvalue weighted by Crippen LogP contribution is -2.69. The van der Waals surface area contributed by atoms with Crippen LogP contribution in [0.2, 0.25) is 0 Å². The second-order valence-corrected chi connectivity index (χ2v) is 26.4. The van der Waals surface area contributed by atoms with Crippen LogP contribution in [-0.2, 0) is 42.7 Å². The smallest absolute Gasteiger partial charge is 0.335 e. The number of ether oxygens (including phenoxy) is 8. The highest BCUT2D eigenvalue weighted by Gasteiger charge is 2.70. The molecule has 0 bridgehead atoms. The Labute approximate surface area is 449 Å². The van der Waals surface area contributed by atoms with Crippen molar-refractivity contribution in [2.45, 2.75) is 248 Å². The summed E-state index contributed by atoms with van der Waals surface area (Å²) in [5.74, 6) is -1.47. The molecule has 77 heavy (non-hydrogen) atoms. The molecule has 0 aromatic rings. The number of aliphatic hydroxyl groups excluding tert-OH is 13. The monoisotopic (exact) mass is 1100 g/mol. The Morgan fingerprint density at radius 3 is 1.74 bits per heavy atom. The first-order valence-corrected chi connectivity index (χ1v) is 27.8. The van der Waals surface area contributed by atoms with Crippen LogP contribution >= 0.6 is 0 Å². The summed E-state index contributed by atoms with van der Waals surface area (Å²) in [6.07, 6.45) is -29.4. The maximum absolute atomic E-state index is 13.4. The summed E-state index contributed by atoms with van der Waals surface area (Å²) in [6.45, 7) is 15.1. The van der Waals surface area contributed by atoms with Crippen LogP contribution in [0.1, 0.15) is 113 Å². The SMILES string of the molecule is CC1OC(OC2C(OC3C(C(=O)O)OC(OC4CCC5(C)C(CCC6(C)C5CC=C5C7CC(C)(C)CC(O)C7(C)CC[C@@]56C)C4(C)CO)C(OC4OC(CO)C(O)C(O)C4O)C3O)OC(CO)C(O)C2O)C(O)C(O)C1O. The summed E-state index contributed by atoms with van der Waals surface area (Å²) in [4.78, 5) is 13.4. The summed E-state index contributed by atoms with van der Waals surface area (Å²) in [6, 6.07) is 0. The van der Waals surface area contributed by atoms with E-state index in [-0.39, 0.29) is 51.4 Å². The molecule has 23 nitrogen and oxygen atoms in total. The summed E-state index contributed by atoms with van der Waals surface area (Å²) >= 11 is 0. The number of fused-ring (bicyclic) bond motifs is 7. The first kappa shape index (κ1) is 60.0. The van der Waals surface area contributed by atoms with Gasteiger partial charge in [-0.3, -0.25) is 0 Å². The molecule has 442 valence electrons. The van der Waals surface area contributed by atoms with E-state index in [0.29, 0.717) is 19.3 Å². The number of hydrogen-bond acceptors (Lipinski definition) is 22. The Morgan fingerprint density at radius 2 is 1.13 bits per heavy atom. The zero-order valence-corrected chi connectivity index (χ0v) is 45.4. The van der Waals surface area contributed by atoms with E-state index >= 15 is 0 Å². The second kappa shape index (κ2) is 21.5. The van der Waals surface area contributed by atoms with Gasteiger partial charge < -0.3 is 109 Å². The average molecular weight is 1110 g/mol. The standard InChI is InChI=1S/C54H88O23/c1-22-31(59)34(62)37(65)45(70-22)75-41-36(64)33(61)26(20-56)72-47(41)74-40-39(67)42(76-46-38(66)35(63)32(60)25(19-55)71-46)48(77-43(40)44(68)69)73-30-12-13-51(5)27(52(30,6)21-57)11-14-54(8)28(51)10-9-23-24-17-49(2,3)18-29(58)50(24,4)15-16-53(23,54)7/h9,22,24-43,45-48,55-67H,10-21H2,1-8H3,(H,68,69)/t22?,24?,25?,26?,27?,28?,29?,30?,31?,32?,33?,34?,35?,36?,37?,38?,39?,40?,41?,42?,43?,45?,46?,47?,48?,50?,51?,52?,53-,54?/m0/s1. The van der Waals surface area contributed by atoms with E-state index in [2.05, 4.69) is 47.6 Å². The Morgan fingerprint density at radius 1 is 0.571 bits per heavy atom. The van der Waals surface area contributed by atoms with Crippen molar-refractivity contribution in [3.05, 3.63) is 11.6 Å². The van der Waals surface area contributed by atoms with Crippen molar-refractivity contribution in [1.82, 2.24) is 0 Å². The highest BCUT2D eigenvalue weighted by Crippen LogP contribution is 2.76. The van der Waals surface area contributed by atoms with Gasteiger partial charge in [0.25, 0.3) is 0 Å². The van der Waals surface area contributed by atoms with Gasteiger partial charge in [-0.05, 0) is 104 Å². The van der Waals surface area contributed by atoms with Crippen LogP contribution in [0.3, 0.4) is 0 Å². The molecule has 4 saturated heterocycles. The van der Waals surface area contributed by atoms with Gasteiger partial charge in [-0.15, -0.1) is 0 Å². The molecule has 0 aromatic carbocycles. The largest absolute Gasteiger partial charge is 0.479 e. The van der Waals surface area contributed by atoms with Crippen LogP contribution in [-0.4, -0.2) is 232 Å². The van der Waals surface area contributed by atoms with Crippen LogP contribution in [0.15, 0.2) is 11.6 Å². The number of hydrogen-bond donors (Lipinski definition) is 14. The lowest BCUT2D eigenvalue weighted by atomic mass is 9.33. The van der Waals surface area contributed by atoms with Gasteiger partial charge in [0.05, 0.1) is 38.1 Å². The molecule has 29 unspecified atom stereocenters. The molecule has 4 saturated carbocycles. The van der Waals surface area contributed by atoms with Gasteiger partial charge in [0.1, 0.15) is 85.5 Å². The van der Waals surface area contributed by atoms with E-state index in [0.717, 1.165) is 38.5 Å². The molecular weight excluding hydrogens is 1020 g/mol. The number of aliphatic hydroxyl groups is 13. The first-order chi connectivity index (χ1) is 36.0. The fourth-order valence-electron chi connectivity index (χ4n) is 16.6. The third-order valence-electron chi connectivity index (χ3n) is 21.6. The van der Waals surface area contributed by atoms with E-state index in [4.69, 9.17) is 37.9 Å². The highest BCUT2D eigenvalue weighted by molar-refractivity contribution is 5.73. The summed E-state index contributed by atoms with van der Waals surface area (Å²) in [7, 11) is 0. The van der Waals surface area contributed by atoms with Crippen molar-refractivity contribution in [3.8, 4) is 0 Å². The summed E-state index contributed by atoms with van der Waals surface area (Å²) in [5.41, 5.74) is -0.457. The van der Waals surface area contributed by atoms with Gasteiger partial charge in [0, 0.05) is 10.8 Å². The molecule has 5 aliphatic carbocycles. The van der Waals surface area contributed by atoms with E-state index in [1.807, 2.05) is 6.92 Å². The average Bonchev–Trinajstić information content (AvgIpc) is 3.55. The quantitative estimate of drug-likeness (QED) is 0.0783. The Kier molecular flexibility index (Phi) is 16.8. The maximum atomic E-state index is 13.4. The Balaban J connectivity index is 1.02. The van der Waals surface area contributed by atoms with E-state index in [9.17, 15) is 76.3 Å². The van der Waals surface area contributed by atoms with Gasteiger partial charge in [-0.2, -0.15) is 0 Å². The Bertz CT molecular complexity index is 2130. The van der Waals surface area contributed by atoms with Crippen LogP contribution in [0.4, 0.5) is 0 Å². The predicted octanol–water partition coefficient (Wildman–Crippen LogP) is -1.47. The third-order valence-corrected chi connectivity index (χ3v) is 21.6. The second-order valence-electron chi connectivity index (χ2n) is 26.4. The van der Waals surface area contributed by atoms with Crippen LogP contribution < -0.4 is 0 Å². The zero-order chi connectivity index (χ0) is 56.4. The molecule has 8 fully saturated rings. The molecule has 0 amide bonds. The molecule has 0 aromatic heterocycles. The predicted molar refractivity (Wildman–Crippen MR) is 263 cm³/mol. The molecule has 0 radical (unpaired) electrons. The maximum Gasteiger partial charge on any atom is 0.335 e. The van der Waals surface area contributed by atoms with Crippen molar-refractivity contribution in [1.29, 1.82) is 0 Å². The van der Waals surface area contributed by atoms with Crippen molar-refractivity contribution in [3.63, 3.8) is 0 Å².